The number of aromatic hydroxyl groups is 2. The molecule has 0 aromatic heterocycles. The Hall–Kier alpha value is -3.17. The molecule has 1 aliphatic rings. The van der Waals surface area contributed by atoms with Crippen LogP contribution in [0.4, 0.5) is 0 Å². The molecule has 0 heterocycles. The van der Waals surface area contributed by atoms with Crippen LogP contribution in [0.5, 0.6) is 11.5 Å². The fourth-order valence-electron chi connectivity index (χ4n) is 5.27. The van der Waals surface area contributed by atoms with Crippen LogP contribution in [-0.2, 0) is 52.1 Å². The number of nitrogens with zero attached hydrogens (tertiary/aromatic N) is 2. The van der Waals surface area contributed by atoms with Gasteiger partial charge in [-0.15, -0.1) is 0 Å². The molecule has 251 valence electrons. The summed E-state index contributed by atoms with van der Waals surface area (Å²) in [7, 11) is 0. The molecule has 8 nitrogen and oxygen atoms in total. The van der Waals surface area contributed by atoms with Crippen molar-refractivity contribution in [3.05, 3.63) is 57.6 Å². The Bertz CT molecular complexity index is 1170. The first-order valence-electron chi connectivity index (χ1n) is 15.8. The van der Waals surface area contributed by atoms with Crippen molar-refractivity contribution in [2.75, 3.05) is 0 Å². The van der Waals surface area contributed by atoms with Crippen molar-refractivity contribution in [1.29, 1.82) is 0 Å². The number of benzene rings is 2. The van der Waals surface area contributed by atoms with E-state index >= 15 is 0 Å². The smallest absolute Gasteiger partial charge is 0.550 e. The van der Waals surface area contributed by atoms with Gasteiger partial charge in [-0.2, -0.15) is 0 Å². The zero-order valence-electron chi connectivity index (χ0n) is 28.2. The van der Waals surface area contributed by atoms with Crippen LogP contribution in [0.15, 0.2) is 34.3 Å². The van der Waals surface area contributed by atoms with Gasteiger partial charge < -0.3 is 30.0 Å². The number of aliphatic carboxylic acids is 2. The van der Waals surface area contributed by atoms with E-state index < -0.39 is 11.9 Å². The predicted molar refractivity (Wildman–Crippen MR) is 175 cm³/mol. The van der Waals surface area contributed by atoms with Gasteiger partial charge in [0, 0.05) is 35.5 Å². The number of carbonyl (C=O) groups is 2. The monoisotopic (exact) mass is 667 g/mol. The molecule has 0 aliphatic heterocycles. The summed E-state index contributed by atoms with van der Waals surface area (Å²) in [6.07, 6.45) is 11.4. The minimum atomic E-state index is -1.08. The number of hydrogen-bond donors (Lipinski definition) is 2. The average Bonchev–Trinajstić information content (AvgIpc) is 2.92. The van der Waals surface area contributed by atoms with Crippen molar-refractivity contribution < 1.29 is 46.8 Å². The van der Waals surface area contributed by atoms with E-state index in [1.165, 1.54) is 11.1 Å². The summed E-state index contributed by atoms with van der Waals surface area (Å²) in [5.41, 5.74) is 6.17. The molecule has 45 heavy (non-hydrogen) atoms. The summed E-state index contributed by atoms with van der Waals surface area (Å²) in [4.78, 5) is 27.6. The van der Waals surface area contributed by atoms with Crippen LogP contribution in [-0.4, -0.2) is 46.7 Å². The maximum atomic E-state index is 10.7. The number of hydrogen-bond acceptors (Lipinski definition) is 8. The number of aryl methyl sites for hydroxylation is 2. The topological polar surface area (TPSA) is 145 Å². The zero-order chi connectivity index (χ0) is 33.4. The molecule has 9 heteroatoms. The number of carbonyl (C=O) groups excluding carboxylic acids is 2. The molecule has 1 fully saturated rings. The standard InChI is InChI=1S/C32H46N2O2.2C2H4O2.Co/c1-7-25-14-23(12-21(3)4)16-27(31(25)35)19-33-29-10-9-11-30(18-29)34-20-28-17-24(13-22(5)6)15-26(8-2)32(28)36;2*1-2(3)4;/h14-17,19-22,29-30,35-36H,7-13,18H2,1-6H3;2*1H3,(H,3,4);/q;;;+2/p-2. The summed E-state index contributed by atoms with van der Waals surface area (Å²) in [5, 5.41) is 39.3. The van der Waals surface area contributed by atoms with Gasteiger partial charge in [-0.25, -0.2) is 0 Å². The Morgan fingerprint density at radius 3 is 1.40 bits per heavy atom. The van der Waals surface area contributed by atoms with Crippen molar-refractivity contribution in [3.63, 3.8) is 0 Å². The van der Waals surface area contributed by atoms with Crippen molar-refractivity contribution in [2.45, 2.75) is 119 Å². The van der Waals surface area contributed by atoms with Crippen molar-refractivity contribution >= 4 is 24.4 Å². The number of carboxylic acid groups (broad SMARTS) is 2. The SMILES string of the molecule is CC(=O)[O-].CC(=O)[O-].CCc1cc(CC(C)C)cc(C=NC2CCCC(N=Cc3cc(CC(C)C)cc(CC)c3O)C2)c1O.[Co+2]. The molecule has 1 aliphatic carbocycles. The van der Waals surface area contributed by atoms with Gasteiger partial charge in [-0.1, -0.05) is 53.7 Å². The summed E-state index contributed by atoms with van der Waals surface area (Å²) >= 11 is 0. The van der Waals surface area contributed by atoms with E-state index in [-0.39, 0.29) is 28.9 Å². The molecular weight excluding hydrogens is 615 g/mol. The maximum Gasteiger partial charge on any atom is 2.00 e. The predicted octanol–water partition coefficient (Wildman–Crippen LogP) is 4.98. The van der Waals surface area contributed by atoms with E-state index in [4.69, 9.17) is 29.8 Å². The molecular formula is C36H52CoN2O6. The molecule has 2 atom stereocenters. The van der Waals surface area contributed by atoms with Crippen LogP contribution in [0, 0.1) is 11.8 Å². The van der Waals surface area contributed by atoms with E-state index in [1.54, 1.807) is 0 Å². The third kappa shape index (κ3) is 16.6. The Kier molecular flexibility index (Phi) is 20.0. The van der Waals surface area contributed by atoms with Crippen molar-refractivity contribution in [1.82, 2.24) is 0 Å². The number of phenols is 2. The van der Waals surface area contributed by atoms with Gasteiger partial charge >= 0.3 is 16.8 Å². The average molecular weight is 668 g/mol. The maximum absolute atomic E-state index is 10.7. The van der Waals surface area contributed by atoms with Crippen LogP contribution in [0.25, 0.3) is 0 Å². The van der Waals surface area contributed by atoms with Gasteiger partial charge in [0.1, 0.15) is 11.5 Å². The van der Waals surface area contributed by atoms with E-state index in [9.17, 15) is 10.2 Å². The molecule has 0 amide bonds. The molecule has 2 aromatic rings. The third-order valence-electron chi connectivity index (χ3n) is 7.07. The molecule has 2 unspecified atom stereocenters. The molecule has 0 spiro atoms. The van der Waals surface area contributed by atoms with E-state index in [1.807, 2.05) is 12.4 Å². The zero-order valence-corrected chi connectivity index (χ0v) is 29.2. The fraction of sp³-hybridized carbons (Fsp3) is 0.556. The third-order valence-corrected chi connectivity index (χ3v) is 7.07. The molecule has 0 saturated heterocycles. The first-order chi connectivity index (χ1) is 20.7. The normalized spacial score (nSPS) is 16.1. The quantitative estimate of drug-likeness (QED) is 0.342. The summed E-state index contributed by atoms with van der Waals surface area (Å²) in [6, 6.07) is 8.85. The van der Waals surface area contributed by atoms with Gasteiger partial charge in [-0.3, -0.25) is 9.98 Å². The van der Waals surface area contributed by atoms with Crippen LogP contribution < -0.4 is 10.2 Å². The van der Waals surface area contributed by atoms with Crippen molar-refractivity contribution in [3.8, 4) is 11.5 Å². The number of aliphatic imine (C=N–C) groups is 2. The van der Waals surface area contributed by atoms with Gasteiger partial charge in [0.05, 0.1) is 12.1 Å². The second-order valence-corrected chi connectivity index (χ2v) is 12.3. The van der Waals surface area contributed by atoms with E-state index in [2.05, 4.69) is 65.8 Å². The number of rotatable bonds is 10. The van der Waals surface area contributed by atoms with E-state index in [0.717, 1.165) is 87.5 Å². The van der Waals surface area contributed by atoms with Crippen LogP contribution in [0.2, 0.25) is 0 Å². The second kappa shape index (κ2) is 21.5. The minimum absolute atomic E-state index is 0. The largest absolute Gasteiger partial charge is 2.00 e. The van der Waals surface area contributed by atoms with Crippen LogP contribution in [0.3, 0.4) is 0 Å². The Labute approximate surface area is 280 Å². The van der Waals surface area contributed by atoms with Crippen molar-refractivity contribution in [2.24, 2.45) is 21.8 Å². The Balaban J connectivity index is 0.00000192. The fourth-order valence-corrected chi connectivity index (χ4v) is 5.27. The second-order valence-electron chi connectivity index (χ2n) is 12.3. The summed E-state index contributed by atoms with van der Waals surface area (Å²) < 4.78 is 0. The molecule has 1 saturated carbocycles. The molecule has 0 bridgehead atoms. The molecule has 1 radical (unpaired) electrons. The first kappa shape index (κ1) is 41.8. The summed E-state index contributed by atoms with van der Waals surface area (Å²) in [5.74, 6) is -0.301. The van der Waals surface area contributed by atoms with Gasteiger partial charge in [-0.05, 0) is 111 Å². The molecule has 2 N–H and O–H groups in total. The number of phenolic OH excluding ortho intramolecular Hbond substituents is 2. The van der Waals surface area contributed by atoms with Gasteiger partial charge in [0.15, 0.2) is 0 Å². The van der Waals surface area contributed by atoms with Gasteiger partial charge in [0.25, 0.3) is 0 Å². The van der Waals surface area contributed by atoms with E-state index in [0.29, 0.717) is 23.3 Å². The Morgan fingerprint density at radius 1 is 0.778 bits per heavy atom. The molecule has 2 aromatic carbocycles. The van der Waals surface area contributed by atoms with Gasteiger partial charge in [0.2, 0.25) is 0 Å². The summed E-state index contributed by atoms with van der Waals surface area (Å²) in [6.45, 7) is 15.0. The first-order valence-corrected chi connectivity index (χ1v) is 15.8. The minimum Gasteiger partial charge on any atom is -0.550 e. The Morgan fingerprint density at radius 2 is 1.11 bits per heavy atom. The van der Waals surface area contributed by atoms with Crippen LogP contribution in [0.1, 0.15) is 114 Å². The molecule has 3 rings (SSSR count). The van der Waals surface area contributed by atoms with Crippen LogP contribution >= 0.6 is 0 Å². The number of carboxylic acids is 2.